The predicted octanol–water partition coefficient (Wildman–Crippen LogP) is 4.22. The van der Waals surface area contributed by atoms with Gasteiger partial charge in [-0.05, 0) is 6.42 Å². The Bertz CT molecular complexity index is 203. The molecule has 1 aromatic rings. The van der Waals surface area contributed by atoms with Crippen molar-refractivity contribution in [2.24, 2.45) is 0 Å². The molecule has 0 heterocycles. The van der Waals surface area contributed by atoms with E-state index in [-0.39, 0.29) is 0 Å². The van der Waals surface area contributed by atoms with Crippen LogP contribution in [-0.4, -0.2) is 5.25 Å². The monoisotopic (exact) mass is 308 g/mol. The Morgan fingerprint density at radius 2 is 2.23 bits per heavy atom. The third kappa shape index (κ3) is 6.71. The van der Waals surface area contributed by atoms with Gasteiger partial charge in [0.2, 0.25) is 0 Å². The number of hydrogen-bond acceptors (Lipinski definition) is 1. The number of benzene rings is 1. The van der Waals surface area contributed by atoms with Crippen molar-refractivity contribution in [1.29, 1.82) is 0 Å². The Morgan fingerprint density at radius 1 is 1.54 bits per heavy atom. The van der Waals surface area contributed by atoms with Crippen LogP contribution in [0, 0.1) is 6.07 Å². The second-order valence-corrected chi connectivity index (χ2v) is 4.04. The molecule has 0 fully saturated rings. The molecule has 0 saturated heterocycles. The van der Waals surface area contributed by atoms with E-state index in [1.54, 1.807) is 0 Å². The van der Waals surface area contributed by atoms with Crippen LogP contribution in [0.5, 0.6) is 0 Å². The van der Waals surface area contributed by atoms with E-state index in [0.29, 0.717) is 5.25 Å². The van der Waals surface area contributed by atoms with Gasteiger partial charge >= 0.3 is 30.0 Å². The van der Waals surface area contributed by atoms with E-state index in [2.05, 4.69) is 45.7 Å². The van der Waals surface area contributed by atoms with Gasteiger partial charge in [-0.3, -0.25) is 0 Å². The van der Waals surface area contributed by atoms with E-state index in [4.69, 9.17) is 0 Å². The van der Waals surface area contributed by atoms with Crippen molar-refractivity contribution in [3.8, 4) is 0 Å². The molecule has 1 unspecified atom stereocenters. The second-order valence-electron chi connectivity index (χ2n) is 2.56. The fourth-order valence-electron chi connectivity index (χ4n) is 0.750. The fraction of sp³-hybridized carbons (Fsp3) is 0.400. The molecular weight excluding hydrogens is 297 g/mol. The van der Waals surface area contributed by atoms with Crippen molar-refractivity contribution in [2.45, 2.75) is 30.4 Å². The number of halogens is 1. The second kappa shape index (κ2) is 9.24. The van der Waals surface area contributed by atoms with Crippen LogP contribution >= 0.6 is 25.4 Å². The summed E-state index contributed by atoms with van der Waals surface area (Å²) in [4.78, 5) is 1.25. The minimum atomic E-state index is 0.702. The molecule has 0 N–H and O–H groups in total. The quantitative estimate of drug-likeness (QED) is 0.457. The van der Waals surface area contributed by atoms with Crippen LogP contribution in [0.2, 0.25) is 0 Å². The Balaban J connectivity index is 0.000000671. The molecule has 0 aromatic heterocycles. The maximum absolute atomic E-state index is 3.20. The van der Waals surface area contributed by atoms with E-state index in [1.807, 2.05) is 23.9 Å². The third-order valence-corrected chi connectivity index (χ3v) is 2.83. The summed E-state index contributed by atoms with van der Waals surface area (Å²) < 4.78 is 0. The van der Waals surface area contributed by atoms with E-state index < -0.39 is 0 Å². The van der Waals surface area contributed by atoms with Gasteiger partial charge in [0.1, 0.15) is 0 Å². The van der Waals surface area contributed by atoms with Gasteiger partial charge in [-0.15, -0.1) is 4.90 Å². The third-order valence-electron chi connectivity index (χ3n) is 1.58. The van der Waals surface area contributed by atoms with Crippen molar-refractivity contribution < 1.29 is 16.3 Å². The van der Waals surface area contributed by atoms with Crippen LogP contribution in [0.25, 0.3) is 0 Å². The summed E-state index contributed by atoms with van der Waals surface area (Å²) >= 11 is 6.14. The van der Waals surface area contributed by atoms with Crippen molar-refractivity contribution in [2.75, 3.05) is 0 Å². The molecule has 1 aromatic carbocycles. The zero-order valence-electron chi connectivity index (χ0n) is 8.09. The Hall–Kier alpha value is 0.673. The maximum atomic E-state index is 3.20. The first-order valence-electron chi connectivity index (χ1n) is 4.23. The Labute approximate surface area is 102 Å². The molecule has 0 aliphatic carbocycles. The number of hydrogen-bond donors (Lipinski definition) is 0. The average Bonchev–Trinajstić information content (AvgIpc) is 2.22. The molecule has 1 atom stereocenters. The topological polar surface area (TPSA) is 0 Å². The summed E-state index contributed by atoms with van der Waals surface area (Å²) in [5.41, 5.74) is 0. The summed E-state index contributed by atoms with van der Waals surface area (Å²) in [6, 6.07) is 11.3. The SMILES string of the molecule is CCC(C)Sc1[c-]cccc1.[Zn+][Br]. The Morgan fingerprint density at radius 3 is 2.69 bits per heavy atom. The molecule has 3 heteroatoms. The molecular formula is C10H13BrSZn. The standard InChI is InChI=1S/C10H13S.BrH.Zn/c1-3-9(2)11-10-7-5-4-6-8-10;;/h4-7,9H,3H2,1-2H3;1H;/q-1;;+2/p-1. The fourth-order valence-corrected chi connectivity index (χ4v) is 1.64. The molecule has 13 heavy (non-hydrogen) atoms. The molecule has 0 saturated carbocycles. The molecule has 1 rings (SSSR count). The minimum absolute atomic E-state index is 0.702. The summed E-state index contributed by atoms with van der Waals surface area (Å²) in [6.07, 6.45) is 1.22. The van der Waals surface area contributed by atoms with Gasteiger partial charge in [-0.25, -0.2) is 0 Å². The van der Waals surface area contributed by atoms with Gasteiger partial charge in [-0.2, -0.15) is 42.1 Å². The molecule has 0 spiro atoms. The molecule has 0 bridgehead atoms. The summed E-state index contributed by atoms with van der Waals surface area (Å²) in [6.45, 7) is 4.45. The molecule has 0 radical (unpaired) electrons. The van der Waals surface area contributed by atoms with E-state index in [0.717, 1.165) is 0 Å². The van der Waals surface area contributed by atoms with E-state index in [1.165, 1.54) is 27.7 Å². The molecule has 0 aliphatic rings. The molecule has 0 nitrogen and oxygen atoms in total. The normalized spacial score (nSPS) is 11.5. The van der Waals surface area contributed by atoms with Gasteiger partial charge in [0, 0.05) is 5.25 Å². The summed E-state index contributed by atoms with van der Waals surface area (Å²) in [5, 5.41) is 0.702. The summed E-state index contributed by atoms with van der Waals surface area (Å²) in [7, 11) is 0. The van der Waals surface area contributed by atoms with Gasteiger partial charge in [0.15, 0.2) is 0 Å². The molecule has 0 aliphatic heterocycles. The van der Waals surface area contributed by atoms with Crippen LogP contribution in [0.3, 0.4) is 0 Å². The van der Waals surface area contributed by atoms with Crippen molar-refractivity contribution in [3.05, 3.63) is 30.3 Å². The van der Waals surface area contributed by atoms with Crippen LogP contribution in [0.1, 0.15) is 20.3 Å². The number of rotatable bonds is 3. The van der Waals surface area contributed by atoms with E-state index >= 15 is 0 Å². The van der Waals surface area contributed by atoms with Crippen LogP contribution in [0.15, 0.2) is 29.2 Å². The van der Waals surface area contributed by atoms with Gasteiger partial charge < -0.3 is 0 Å². The first-order chi connectivity index (χ1) is 6.33. The number of thioether (sulfide) groups is 1. The van der Waals surface area contributed by atoms with Crippen molar-refractivity contribution in [3.63, 3.8) is 0 Å². The van der Waals surface area contributed by atoms with Gasteiger partial charge in [0.05, 0.1) is 0 Å². The zero-order valence-corrected chi connectivity index (χ0v) is 13.5. The van der Waals surface area contributed by atoms with E-state index in [9.17, 15) is 0 Å². The first-order valence-corrected chi connectivity index (χ1v) is 12.1. The zero-order chi connectivity index (χ0) is 10.1. The molecule has 0 amide bonds. The van der Waals surface area contributed by atoms with Crippen LogP contribution in [0.4, 0.5) is 0 Å². The van der Waals surface area contributed by atoms with Crippen LogP contribution in [-0.2, 0) is 16.3 Å². The summed E-state index contributed by atoms with van der Waals surface area (Å²) in [5.74, 6) is 0. The van der Waals surface area contributed by atoms with Crippen molar-refractivity contribution in [1.82, 2.24) is 0 Å². The van der Waals surface area contributed by atoms with Gasteiger partial charge in [0.25, 0.3) is 0 Å². The predicted molar refractivity (Wildman–Crippen MR) is 59.8 cm³/mol. The van der Waals surface area contributed by atoms with Crippen LogP contribution < -0.4 is 0 Å². The Kier molecular flexibility index (Phi) is 9.72. The molecule has 68 valence electrons. The van der Waals surface area contributed by atoms with Crippen molar-refractivity contribution >= 4 is 25.4 Å². The average molecular weight is 311 g/mol. The first kappa shape index (κ1) is 13.7. The van der Waals surface area contributed by atoms with Gasteiger partial charge in [-0.1, -0.05) is 13.8 Å².